The van der Waals surface area contributed by atoms with Gasteiger partial charge in [0, 0.05) is 22.7 Å². The number of nitrogens with zero attached hydrogens (tertiary/aromatic N) is 2. The molecule has 0 aliphatic carbocycles. The van der Waals surface area contributed by atoms with E-state index in [1.807, 2.05) is 0 Å². The van der Waals surface area contributed by atoms with Gasteiger partial charge >= 0.3 is 0 Å². The maximum atomic E-state index is 14.7. The average molecular weight is 522 g/mol. The molecular weight excluding hydrogens is 501 g/mol. The Morgan fingerprint density at radius 1 is 1.03 bits per heavy atom. The number of benzene rings is 3. The summed E-state index contributed by atoms with van der Waals surface area (Å²) < 4.78 is 69.0. The number of nitrogens with one attached hydrogen (secondary N) is 1. The molecule has 0 spiro atoms. The molecule has 3 aromatic rings. The molecule has 0 saturated carbocycles. The quantitative estimate of drug-likeness (QED) is 0.484. The second-order valence-corrected chi connectivity index (χ2v) is 11.9. The van der Waals surface area contributed by atoms with Crippen molar-refractivity contribution in [2.24, 2.45) is 5.10 Å². The van der Waals surface area contributed by atoms with Crippen LogP contribution < -0.4 is 4.72 Å². The lowest BCUT2D eigenvalue weighted by molar-refractivity contribution is 0.362. The van der Waals surface area contributed by atoms with E-state index in [0.717, 1.165) is 4.41 Å². The summed E-state index contributed by atoms with van der Waals surface area (Å²) in [7, 11) is -7.68. The summed E-state index contributed by atoms with van der Waals surface area (Å²) in [5.41, 5.74) is 1.38. The van der Waals surface area contributed by atoms with Gasteiger partial charge in [0.1, 0.15) is 5.82 Å². The van der Waals surface area contributed by atoms with Crippen molar-refractivity contribution in [3.05, 3.63) is 94.8 Å². The van der Waals surface area contributed by atoms with Crippen LogP contribution in [0.3, 0.4) is 0 Å². The highest BCUT2D eigenvalue weighted by Crippen LogP contribution is 2.38. The lowest BCUT2D eigenvalue weighted by atomic mass is 9.98. The molecule has 7 nitrogen and oxygen atoms in total. The number of hydrazone groups is 1. The fourth-order valence-corrected chi connectivity index (χ4v) is 5.97. The van der Waals surface area contributed by atoms with E-state index in [9.17, 15) is 21.2 Å². The second kappa shape index (κ2) is 9.36. The molecule has 3 aromatic carbocycles. The topological polar surface area (TPSA) is 95.9 Å². The molecule has 0 saturated heterocycles. The largest absolute Gasteiger partial charge is 0.284 e. The molecule has 1 N–H and O–H groups in total. The van der Waals surface area contributed by atoms with Gasteiger partial charge in [-0.25, -0.2) is 12.8 Å². The van der Waals surface area contributed by atoms with Crippen LogP contribution in [0.5, 0.6) is 0 Å². The Bertz CT molecular complexity index is 1480. The summed E-state index contributed by atoms with van der Waals surface area (Å²) in [4.78, 5) is -0.0733. The van der Waals surface area contributed by atoms with E-state index in [0.29, 0.717) is 17.0 Å². The number of hydrogen-bond donors (Lipinski definition) is 1. The minimum atomic E-state index is -4.18. The van der Waals surface area contributed by atoms with E-state index in [1.54, 1.807) is 36.4 Å². The summed E-state index contributed by atoms with van der Waals surface area (Å²) in [5.74, 6) is -0.654. The van der Waals surface area contributed by atoms with E-state index in [-0.39, 0.29) is 27.7 Å². The van der Waals surface area contributed by atoms with Crippen LogP contribution in [0.25, 0.3) is 0 Å². The molecular formula is C23H21ClFN3O4S2. The first-order chi connectivity index (χ1) is 16.1. The maximum absolute atomic E-state index is 14.7. The molecule has 0 radical (unpaired) electrons. The van der Waals surface area contributed by atoms with E-state index in [2.05, 4.69) is 9.82 Å². The smallest absolute Gasteiger partial charge is 0.279 e. The van der Waals surface area contributed by atoms with Gasteiger partial charge in [0.15, 0.2) is 0 Å². The van der Waals surface area contributed by atoms with Crippen LogP contribution in [0.4, 0.5) is 10.1 Å². The van der Waals surface area contributed by atoms with Crippen LogP contribution in [0.15, 0.2) is 82.8 Å². The van der Waals surface area contributed by atoms with Crippen LogP contribution in [0, 0.1) is 5.82 Å². The van der Waals surface area contributed by atoms with Crippen molar-refractivity contribution in [2.75, 3.05) is 10.5 Å². The van der Waals surface area contributed by atoms with Gasteiger partial charge < -0.3 is 0 Å². The number of rotatable bonds is 7. The zero-order chi connectivity index (χ0) is 24.5. The second-order valence-electron chi connectivity index (χ2n) is 7.61. The Morgan fingerprint density at radius 3 is 2.47 bits per heavy atom. The van der Waals surface area contributed by atoms with E-state index in [4.69, 9.17) is 11.6 Å². The summed E-state index contributed by atoms with van der Waals surface area (Å²) in [6.07, 6.45) is 0.0880. The summed E-state index contributed by atoms with van der Waals surface area (Å²) in [6, 6.07) is 17.2. The van der Waals surface area contributed by atoms with Crippen molar-refractivity contribution in [2.45, 2.75) is 24.3 Å². The molecule has 0 unspecified atom stereocenters. The van der Waals surface area contributed by atoms with Crippen LogP contribution in [-0.2, 0) is 20.0 Å². The standard InChI is InChI=1S/C23H21ClFN3O4S2/c1-2-33(29,30)27-18-9-5-7-16(13-18)22-15-23(20-11-3-4-12-21(20)25)28(26-22)34(31,32)19-10-6-8-17(24)14-19/h3-14,23,27H,2,15H2,1H3/t23-/m1/s1. The SMILES string of the molecule is CCS(=O)(=O)Nc1cccc(C2=NN(S(=O)(=O)c3cccc(Cl)c3)[C@@H](c3ccccc3F)C2)c1. The van der Waals surface area contributed by atoms with Gasteiger partial charge in [0.05, 0.1) is 22.4 Å². The normalized spacial score (nSPS) is 16.4. The predicted octanol–water partition coefficient (Wildman–Crippen LogP) is 4.78. The Morgan fingerprint density at radius 2 is 1.76 bits per heavy atom. The zero-order valence-corrected chi connectivity index (χ0v) is 20.4. The lowest BCUT2D eigenvalue weighted by Gasteiger charge is -2.23. The maximum Gasteiger partial charge on any atom is 0.279 e. The predicted molar refractivity (Wildman–Crippen MR) is 130 cm³/mol. The third-order valence-electron chi connectivity index (χ3n) is 5.33. The molecule has 0 fully saturated rings. The van der Waals surface area contributed by atoms with Crippen LogP contribution >= 0.6 is 11.6 Å². The molecule has 0 aromatic heterocycles. The fraction of sp³-hybridized carbons (Fsp3) is 0.174. The van der Waals surface area contributed by atoms with Gasteiger partial charge in [-0.05, 0) is 48.9 Å². The summed E-state index contributed by atoms with van der Waals surface area (Å²) in [5, 5.41) is 4.61. The van der Waals surface area contributed by atoms with Gasteiger partial charge in [-0.2, -0.15) is 17.9 Å². The van der Waals surface area contributed by atoms with Crippen LogP contribution in [0.1, 0.15) is 30.5 Å². The first kappa shape index (κ1) is 24.2. The van der Waals surface area contributed by atoms with Crippen molar-refractivity contribution in [1.82, 2.24) is 4.41 Å². The first-order valence-corrected chi connectivity index (χ1v) is 13.8. The minimum absolute atomic E-state index is 0.0733. The van der Waals surface area contributed by atoms with Gasteiger partial charge in [-0.3, -0.25) is 4.72 Å². The number of hydrogen-bond acceptors (Lipinski definition) is 5. The van der Waals surface area contributed by atoms with E-state index in [1.165, 1.54) is 43.3 Å². The highest BCUT2D eigenvalue weighted by Gasteiger charge is 2.39. The number of anilines is 1. The lowest BCUT2D eigenvalue weighted by Crippen LogP contribution is -2.28. The van der Waals surface area contributed by atoms with Crippen LogP contribution in [0.2, 0.25) is 5.02 Å². The molecule has 1 atom stereocenters. The molecule has 11 heteroatoms. The molecule has 178 valence electrons. The van der Waals surface area contributed by atoms with Crippen molar-refractivity contribution in [3.63, 3.8) is 0 Å². The van der Waals surface area contributed by atoms with E-state index >= 15 is 0 Å². The summed E-state index contributed by atoms with van der Waals surface area (Å²) >= 11 is 6.01. The average Bonchev–Trinajstić information content (AvgIpc) is 3.25. The number of halogens is 2. The molecule has 34 heavy (non-hydrogen) atoms. The monoisotopic (exact) mass is 521 g/mol. The molecule has 1 heterocycles. The van der Waals surface area contributed by atoms with Crippen molar-refractivity contribution >= 4 is 43.0 Å². The zero-order valence-electron chi connectivity index (χ0n) is 18.0. The molecule has 4 rings (SSSR count). The van der Waals surface area contributed by atoms with Gasteiger partial charge in [0.2, 0.25) is 10.0 Å². The highest BCUT2D eigenvalue weighted by molar-refractivity contribution is 7.92. The molecule has 1 aliphatic rings. The minimum Gasteiger partial charge on any atom is -0.284 e. The van der Waals surface area contributed by atoms with Crippen molar-refractivity contribution in [3.8, 4) is 0 Å². The Kier molecular flexibility index (Phi) is 6.66. The number of sulfonamides is 2. The Balaban J connectivity index is 1.79. The fourth-order valence-electron chi connectivity index (χ4n) is 3.61. The first-order valence-electron chi connectivity index (χ1n) is 10.3. The Hall–Kier alpha value is -2.95. The molecule has 0 amide bonds. The summed E-state index contributed by atoms with van der Waals surface area (Å²) in [6.45, 7) is 1.52. The molecule has 0 bridgehead atoms. The molecule has 1 aliphatic heterocycles. The third kappa shape index (κ3) is 4.94. The van der Waals surface area contributed by atoms with Gasteiger partial charge in [0.25, 0.3) is 10.0 Å². The Labute approximate surface area is 203 Å². The highest BCUT2D eigenvalue weighted by atomic mass is 35.5. The van der Waals surface area contributed by atoms with Gasteiger partial charge in [-0.1, -0.05) is 48.0 Å². The van der Waals surface area contributed by atoms with Crippen LogP contribution in [-0.4, -0.2) is 32.7 Å². The van der Waals surface area contributed by atoms with Gasteiger partial charge in [-0.15, -0.1) is 0 Å². The van der Waals surface area contributed by atoms with E-state index < -0.39 is 31.9 Å². The van der Waals surface area contributed by atoms with Crippen molar-refractivity contribution < 1.29 is 21.2 Å². The van der Waals surface area contributed by atoms with Crippen molar-refractivity contribution in [1.29, 1.82) is 0 Å². The third-order valence-corrected chi connectivity index (χ3v) is 8.55.